The number of hydrogen-bond donors (Lipinski definition) is 0. The molecule has 0 saturated heterocycles. The Balaban J connectivity index is 2.15. The second kappa shape index (κ2) is 4.19. The van der Waals surface area contributed by atoms with Crippen molar-refractivity contribution >= 4 is 23.1 Å². The van der Waals surface area contributed by atoms with Crippen LogP contribution in [-0.4, -0.2) is 9.75 Å². The number of rotatable bonds is 1. The minimum atomic E-state index is 0.374. The molecule has 1 aromatic rings. The highest BCUT2D eigenvalue weighted by molar-refractivity contribution is 7.05. The number of hydrogen-bond acceptors (Lipinski definition) is 2. The first-order valence-electron chi connectivity index (χ1n) is 5.24. The fourth-order valence-electron chi connectivity index (χ4n) is 2.23. The molecule has 1 heterocycles. The van der Waals surface area contributed by atoms with Gasteiger partial charge in [0.25, 0.3) is 0 Å². The monoisotopic (exact) mass is 229 g/mol. The first-order chi connectivity index (χ1) is 6.66. The van der Waals surface area contributed by atoms with Crippen LogP contribution in [0.4, 0.5) is 0 Å². The van der Waals surface area contributed by atoms with E-state index in [9.17, 15) is 0 Å². The third kappa shape index (κ3) is 2.12. The van der Waals surface area contributed by atoms with Crippen LogP contribution in [0.2, 0.25) is 0 Å². The highest BCUT2D eigenvalue weighted by atomic mass is 35.5. The molecule has 0 radical (unpaired) electrons. The first kappa shape index (κ1) is 10.4. The van der Waals surface area contributed by atoms with Gasteiger partial charge in [-0.15, -0.1) is 11.6 Å². The van der Waals surface area contributed by atoms with Crippen molar-refractivity contribution in [2.75, 3.05) is 0 Å². The molecule has 1 aliphatic rings. The fraction of sp³-hybridized carbons (Fsp3) is 0.727. The molecule has 0 bridgehead atoms. The minimum absolute atomic E-state index is 0.374. The van der Waals surface area contributed by atoms with Gasteiger partial charge in [-0.3, -0.25) is 0 Å². The maximum atomic E-state index is 6.22. The van der Waals surface area contributed by atoms with Crippen LogP contribution < -0.4 is 0 Å². The summed E-state index contributed by atoms with van der Waals surface area (Å²) >= 11 is 7.87. The van der Waals surface area contributed by atoms with Crippen molar-refractivity contribution < 1.29 is 0 Å². The van der Waals surface area contributed by atoms with Gasteiger partial charge >= 0.3 is 0 Å². The maximum Gasteiger partial charge on any atom is 0.0514 e. The highest BCUT2D eigenvalue weighted by Crippen LogP contribution is 2.40. The molecule has 3 atom stereocenters. The second-order valence-corrected chi connectivity index (χ2v) is 5.82. The Morgan fingerprint density at radius 1 is 1.50 bits per heavy atom. The number of aromatic nitrogens is 1. The average Bonchev–Trinajstić information content (AvgIpc) is 2.56. The molecule has 78 valence electrons. The number of alkyl halides is 1. The van der Waals surface area contributed by atoms with E-state index in [0.29, 0.717) is 11.3 Å². The van der Waals surface area contributed by atoms with Crippen LogP contribution in [0.3, 0.4) is 0 Å². The van der Waals surface area contributed by atoms with Crippen molar-refractivity contribution in [1.29, 1.82) is 0 Å². The van der Waals surface area contributed by atoms with Gasteiger partial charge in [0.05, 0.1) is 5.69 Å². The highest BCUT2D eigenvalue weighted by Gasteiger charge is 2.28. The molecule has 3 heteroatoms. The van der Waals surface area contributed by atoms with Gasteiger partial charge in [0.1, 0.15) is 0 Å². The third-order valence-electron chi connectivity index (χ3n) is 3.14. The van der Waals surface area contributed by atoms with E-state index < -0.39 is 0 Å². The van der Waals surface area contributed by atoms with Gasteiger partial charge in [0.15, 0.2) is 0 Å². The van der Waals surface area contributed by atoms with E-state index in [1.54, 1.807) is 11.5 Å². The number of aryl methyl sites for hydroxylation is 1. The van der Waals surface area contributed by atoms with Crippen molar-refractivity contribution in [3.05, 3.63) is 16.6 Å². The molecular formula is C11H16ClNS. The average molecular weight is 230 g/mol. The Hall–Kier alpha value is -0.0800. The van der Waals surface area contributed by atoms with E-state index in [1.165, 1.54) is 17.7 Å². The second-order valence-electron chi connectivity index (χ2n) is 4.36. The predicted octanol–water partition coefficient (Wildman–Crippen LogP) is 3.96. The lowest BCUT2D eigenvalue weighted by Gasteiger charge is -2.30. The first-order valence-corrected chi connectivity index (χ1v) is 6.45. The molecule has 3 unspecified atom stereocenters. The lowest BCUT2D eigenvalue weighted by Crippen LogP contribution is -2.20. The van der Waals surface area contributed by atoms with Gasteiger partial charge in [-0.25, -0.2) is 0 Å². The smallest absolute Gasteiger partial charge is 0.0514 e. The standard InChI is InChI=1S/C11H16ClNS/c1-7-3-4-9(12)6-10(7)11-5-8(2)13-14-11/h5,7,9-10H,3-4,6H2,1-2H3. The van der Waals surface area contributed by atoms with Crippen molar-refractivity contribution in [1.82, 2.24) is 4.37 Å². The van der Waals surface area contributed by atoms with E-state index in [0.717, 1.165) is 18.0 Å². The molecule has 0 amide bonds. The molecular weight excluding hydrogens is 214 g/mol. The molecule has 2 rings (SSSR count). The molecule has 14 heavy (non-hydrogen) atoms. The van der Waals surface area contributed by atoms with Crippen LogP contribution in [0.5, 0.6) is 0 Å². The molecule has 1 aromatic heterocycles. The number of nitrogens with zero attached hydrogens (tertiary/aromatic N) is 1. The van der Waals surface area contributed by atoms with Gasteiger partial charge in [-0.1, -0.05) is 6.92 Å². The lowest BCUT2D eigenvalue weighted by molar-refractivity contribution is 0.338. The van der Waals surface area contributed by atoms with Crippen molar-refractivity contribution in [3.8, 4) is 0 Å². The molecule has 1 nitrogen and oxygen atoms in total. The molecule has 0 aliphatic heterocycles. The summed E-state index contributed by atoms with van der Waals surface area (Å²) < 4.78 is 4.35. The van der Waals surface area contributed by atoms with E-state index >= 15 is 0 Å². The van der Waals surface area contributed by atoms with Gasteiger partial charge in [0.2, 0.25) is 0 Å². The van der Waals surface area contributed by atoms with Gasteiger partial charge in [0, 0.05) is 10.3 Å². The Kier molecular flexibility index (Phi) is 3.13. The van der Waals surface area contributed by atoms with Crippen molar-refractivity contribution in [3.63, 3.8) is 0 Å². The quantitative estimate of drug-likeness (QED) is 0.665. The SMILES string of the molecule is Cc1cc(C2CC(Cl)CCC2C)sn1. The summed E-state index contributed by atoms with van der Waals surface area (Å²) in [6.07, 6.45) is 3.57. The van der Waals surface area contributed by atoms with Crippen molar-refractivity contribution in [2.45, 2.75) is 44.4 Å². The Morgan fingerprint density at radius 2 is 2.29 bits per heavy atom. The van der Waals surface area contributed by atoms with Gasteiger partial charge < -0.3 is 0 Å². The summed E-state index contributed by atoms with van der Waals surface area (Å²) in [6, 6.07) is 2.22. The molecule has 0 N–H and O–H groups in total. The molecule has 1 fully saturated rings. The number of halogens is 1. The van der Waals surface area contributed by atoms with Crippen molar-refractivity contribution in [2.24, 2.45) is 5.92 Å². The third-order valence-corrected chi connectivity index (χ3v) is 4.55. The van der Waals surface area contributed by atoms with E-state index in [1.807, 2.05) is 0 Å². The van der Waals surface area contributed by atoms with Crippen LogP contribution in [0.25, 0.3) is 0 Å². The van der Waals surface area contributed by atoms with Gasteiger partial charge in [-0.05, 0) is 55.6 Å². The summed E-state index contributed by atoms with van der Waals surface area (Å²) in [4.78, 5) is 1.43. The van der Waals surface area contributed by atoms with Crippen LogP contribution in [0.1, 0.15) is 42.7 Å². The van der Waals surface area contributed by atoms with Crippen LogP contribution >= 0.6 is 23.1 Å². The summed E-state index contributed by atoms with van der Waals surface area (Å²) in [6.45, 7) is 4.40. The van der Waals surface area contributed by atoms with E-state index in [4.69, 9.17) is 11.6 Å². The normalized spacial score (nSPS) is 33.2. The fourth-order valence-corrected chi connectivity index (χ4v) is 3.53. The van der Waals surface area contributed by atoms with Crippen LogP contribution in [0, 0.1) is 12.8 Å². The molecule has 0 aromatic carbocycles. The minimum Gasteiger partial charge on any atom is -0.198 e. The summed E-state index contributed by atoms with van der Waals surface area (Å²) in [5, 5.41) is 0.374. The summed E-state index contributed by atoms with van der Waals surface area (Å²) in [7, 11) is 0. The van der Waals surface area contributed by atoms with E-state index in [2.05, 4.69) is 24.3 Å². The molecule has 0 spiro atoms. The lowest BCUT2D eigenvalue weighted by atomic mass is 9.79. The predicted molar refractivity (Wildman–Crippen MR) is 62.2 cm³/mol. The summed E-state index contributed by atoms with van der Waals surface area (Å²) in [5.41, 5.74) is 1.15. The molecule has 1 aliphatic carbocycles. The Bertz CT molecular complexity index is 310. The Labute approximate surface area is 94.6 Å². The zero-order chi connectivity index (χ0) is 10.1. The van der Waals surface area contributed by atoms with Crippen LogP contribution in [0.15, 0.2) is 6.07 Å². The zero-order valence-corrected chi connectivity index (χ0v) is 10.2. The van der Waals surface area contributed by atoms with Gasteiger partial charge in [-0.2, -0.15) is 4.37 Å². The van der Waals surface area contributed by atoms with E-state index in [-0.39, 0.29) is 0 Å². The Morgan fingerprint density at radius 3 is 2.93 bits per heavy atom. The largest absolute Gasteiger partial charge is 0.198 e. The summed E-state index contributed by atoms with van der Waals surface area (Å²) in [5.74, 6) is 1.42. The topological polar surface area (TPSA) is 12.9 Å². The maximum absolute atomic E-state index is 6.22. The zero-order valence-electron chi connectivity index (χ0n) is 8.66. The molecule has 1 saturated carbocycles. The van der Waals surface area contributed by atoms with Crippen LogP contribution in [-0.2, 0) is 0 Å².